The zero-order valence-electron chi connectivity index (χ0n) is 17.0. The van der Waals surface area contributed by atoms with Crippen molar-refractivity contribution in [2.75, 3.05) is 29.2 Å². The summed E-state index contributed by atoms with van der Waals surface area (Å²) in [4.78, 5) is 65.2. The molecule has 3 amide bonds. The Morgan fingerprint density at radius 3 is 2.88 bits per heavy atom. The number of amides is 3. The van der Waals surface area contributed by atoms with Crippen molar-refractivity contribution in [3.8, 4) is 0 Å². The second kappa shape index (κ2) is 9.52. The molecule has 2 unspecified atom stereocenters. The number of carbonyl (C=O) groups is 5. The third-order valence-corrected chi connectivity index (χ3v) is 9.72. The summed E-state index contributed by atoms with van der Waals surface area (Å²) in [6, 6.07) is -0.917. The van der Waals surface area contributed by atoms with Gasteiger partial charge in [0.2, 0.25) is 12.3 Å². The number of nitrogens with one attached hydrogen (secondary N) is 2. The van der Waals surface area contributed by atoms with Crippen LogP contribution in [0.1, 0.15) is 17.4 Å². The minimum absolute atomic E-state index is 0.0165. The van der Waals surface area contributed by atoms with Crippen LogP contribution in [0.3, 0.4) is 0 Å². The predicted molar refractivity (Wildman–Crippen MR) is 126 cm³/mol. The molecular formula is C17H18N6O6S4. The van der Waals surface area contributed by atoms with Crippen molar-refractivity contribution in [2.45, 2.75) is 18.3 Å². The molecule has 4 rings (SSSR count). The summed E-state index contributed by atoms with van der Waals surface area (Å²) in [7, 11) is 0. The SMILES string of the molecule is CC1=NN(SCC2(C(=O)O)CS[C@@H]3C(NC(=O)C(=O)c4csc(NC=O)n4)C(=O)N3C2)CS1. The number of hydrazone groups is 1. The van der Waals surface area contributed by atoms with Gasteiger partial charge in [0.05, 0.1) is 10.9 Å². The lowest BCUT2D eigenvalue weighted by Crippen LogP contribution is -2.74. The maximum Gasteiger partial charge on any atom is 0.313 e. The molecule has 3 aliphatic rings. The molecule has 176 valence electrons. The van der Waals surface area contributed by atoms with Crippen LogP contribution in [0.5, 0.6) is 0 Å². The Hall–Kier alpha value is -2.30. The van der Waals surface area contributed by atoms with Gasteiger partial charge in [-0.15, -0.1) is 23.1 Å². The van der Waals surface area contributed by atoms with Crippen LogP contribution in [-0.4, -0.2) is 89.8 Å². The molecule has 0 aromatic carbocycles. The number of ketones is 1. The molecule has 1 aromatic rings. The second-order valence-corrected chi connectivity index (χ2v) is 11.4. The molecule has 4 heterocycles. The first kappa shape index (κ1) is 23.8. The average molecular weight is 531 g/mol. The Kier molecular flexibility index (Phi) is 6.88. The molecule has 0 radical (unpaired) electrons. The molecule has 0 aliphatic carbocycles. The second-order valence-electron chi connectivity index (χ2n) is 7.35. The number of nitrogens with zero attached hydrogens (tertiary/aromatic N) is 4. The van der Waals surface area contributed by atoms with Crippen LogP contribution in [0.15, 0.2) is 10.5 Å². The number of anilines is 1. The molecule has 1 aromatic heterocycles. The summed E-state index contributed by atoms with van der Waals surface area (Å²) in [5.41, 5.74) is -1.28. The monoisotopic (exact) mass is 530 g/mol. The summed E-state index contributed by atoms with van der Waals surface area (Å²) < 4.78 is 1.74. The van der Waals surface area contributed by atoms with Crippen LogP contribution in [0, 0.1) is 5.41 Å². The highest BCUT2D eigenvalue weighted by Crippen LogP contribution is 2.44. The maximum absolute atomic E-state index is 12.7. The van der Waals surface area contributed by atoms with E-state index in [-0.39, 0.29) is 28.9 Å². The van der Waals surface area contributed by atoms with E-state index in [1.165, 1.54) is 34.0 Å². The number of thioether (sulfide) groups is 2. The van der Waals surface area contributed by atoms with Crippen molar-refractivity contribution < 1.29 is 29.1 Å². The van der Waals surface area contributed by atoms with E-state index in [2.05, 4.69) is 20.7 Å². The quantitative estimate of drug-likeness (QED) is 0.133. The molecule has 16 heteroatoms. The molecule has 2 fully saturated rings. The molecule has 12 nitrogen and oxygen atoms in total. The Morgan fingerprint density at radius 2 is 2.21 bits per heavy atom. The molecule has 33 heavy (non-hydrogen) atoms. The Morgan fingerprint density at radius 1 is 1.42 bits per heavy atom. The molecule has 2 saturated heterocycles. The third-order valence-electron chi connectivity index (χ3n) is 5.14. The van der Waals surface area contributed by atoms with Crippen LogP contribution < -0.4 is 10.6 Å². The number of carboxylic acid groups (broad SMARTS) is 1. The highest BCUT2D eigenvalue weighted by molar-refractivity contribution is 8.14. The maximum atomic E-state index is 12.7. The van der Waals surface area contributed by atoms with Crippen LogP contribution in [0.4, 0.5) is 5.13 Å². The van der Waals surface area contributed by atoms with Crippen molar-refractivity contribution in [3.63, 3.8) is 0 Å². The van der Waals surface area contributed by atoms with E-state index in [4.69, 9.17) is 0 Å². The standard InChI is InChI=1S/C17H18N6O6S4/c1-8-21-23(7-32-8)33-5-17(15(28)29)3-22-13(27)10(14(22)31-4-17)20-12(26)11(25)9-2-30-16(19-9)18-6-24/h2,6,10,14H,3-5,7H2,1H3,(H,20,26)(H,28,29)(H,18,19,24)/t10?,14-,17?/m1/s1. The Balaban J connectivity index is 1.36. The predicted octanol–water partition coefficient (Wildman–Crippen LogP) is 0.353. The van der Waals surface area contributed by atoms with Crippen molar-refractivity contribution >= 4 is 87.0 Å². The van der Waals surface area contributed by atoms with E-state index in [1.54, 1.807) is 16.2 Å². The Bertz CT molecular complexity index is 1050. The number of aromatic nitrogens is 1. The van der Waals surface area contributed by atoms with E-state index in [9.17, 15) is 29.1 Å². The molecule has 3 atom stereocenters. The summed E-state index contributed by atoms with van der Waals surface area (Å²) in [6.07, 6.45) is 0.406. The fourth-order valence-electron chi connectivity index (χ4n) is 3.35. The number of thiazole rings is 1. The zero-order valence-corrected chi connectivity index (χ0v) is 20.3. The van der Waals surface area contributed by atoms with E-state index >= 15 is 0 Å². The number of fused-ring (bicyclic) bond motifs is 1. The van der Waals surface area contributed by atoms with Gasteiger partial charge in [0.15, 0.2) is 5.13 Å². The lowest BCUT2D eigenvalue weighted by Gasteiger charge is -2.53. The number of hydrogen-bond acceptors (Lipinski definition) is 12. The lowest BCUT2D eigenvalue weighted by atomic mass is 9.89. The number of rotatable bonds is 9. The average Bonchev–Trinajstić information content (AvgIpc) is 3.44. The van der Waals surface area contributed by atoms with Gasteiger partial charge >= 0.3 is 5.97 Å². The minimum atomic E-state index is -1.15. The highest BCUT2D eigenvalue weighted by atomic mass is 32.2. The van der Waals surface area contributed by atoms with Crippen molar-refractivity contribution in [3.05, 3.63) is 11.1 Å². The van der Waals surface area contributed by atoms with Crippen LogP contribution >= 0.6 is 46.8 Å². The number of carbonyl (C=O) groups excluding carboxylic acids is 4. The number of carboxylic acids is 1. The number of Topliss-reactive ketones (excluding diaryl/α,β-unsaturated/α-hetero) is 1. The first-order valence-corrected chi connectivity index (χ1v) is 13.3. The highest BCUT2D eigenvalue weighted by Gasteiger charge is 2.57. The van der Waals surface area contributed by atoms with E-state index in [0.717, 1.165) is 16.4 Å². The van der Waals surface area contributed by atoms with Gasteiger partial charge in [-0.2, -0.15) is 5.10 Å². The van der Waals surface area contributed by atoms with E-state index in [1.807, 2.05) is 6.92 Å². The van der Waals surface area contributed by atoms with Gasteiger partial charge < -0.3 is 20.6 Å². The molecule has 3 aliphatic heterocycles. The topological polar surface area (TPSA) is 161 Å². The summed E-state index contributed by atoms with van der Waals surface area (Å²) in [5, 5.41) is 20.9. The largest absolute Gasteiger partial charge is 0.481 e. The summed E-state index contributed by atoms with van der Waals surface area (Å²) in [5.74, 6) is -2.20. The summed E-state index contributed by atoms with van der Waals surface area (Å²) in [6.45, 7) is 1.90. The van der Waals surface area contributed by atoms with Crippen molar-refractivity contribution in [1.82, 2.24) is 19.6 Å². The minimum Gasteiger partial charge on any atom is -0.481 e. The fourth-order valence-corrected chi connectivity index (χ4v) is 7.59. The van der Waals surface area contributed by atoms with Gasteiger partial charge in [-0.3, -0.25) is 24.0 Å². The van der Waals surface area contributed by atoms with E-state index < -0.39 is 40.4 Å². The summed E-state index contributed by atoms with van der Waals surface area (Å²) >= 11 is 5.14. The molecule has 3 N–H and O–H groups in total. The van der Waals surface area contributed by atoms with Gasteiger partial charge in [0.25, 0.3) is 11.7 Å². The molecular weight excluding hydrogens is 512 g/mol. The van der Waals surface area contributed by atoms with Crippen LogP contribution in [-0.2, 0) is 19.2 Å². The van der Waals surface area contributed by atoms with Gasteiger partial charge in [0, 0.05) is 23.4 Å². The third kappa shape index (κ3) is 4.69. The van der Waals surface area contributed by atoms with Gasteiger partial charge in [0.1, 0.15) is 22.5 Å². The number of hydrogen-bond donors (Lipinski definition) is 3. The van der Waals surface area contributed by atoms with Gasteiger partial charge in [-0.1, -0.05) is 11.8 Å². The van der Waals surface area contributed by atoms with E-state index in [0.29, 0.717) is 12.3 Å². The van der Waals surface area contributed by atoms with Gasteiger partial charge in [-0.25, -0.2) is 9.40 Å². The Labute approximate surface area is 204 Å². The lowest BCUT2D eigenvalue weighted by molar-refractivity contribution is -0.157. The first-order valence-electron chi connectivity index (χ1n) is 9.49. The smallest absolute Gasteiger partial charge is 0.313 e. The number of β-lactam (4-membered cyclic amide) rings is 1. The van der Waals surface area contributed by atoms with Crippen molar-refractivity contribution in [2.24, 2.45) is 10.5 Å². The first-order chi connectivity index (χ1) is 15.7. The molecule has 0 spiro atoms. The van der Waals surface area contributed by atoms with Gasteiger partial charge in [-0.05, 0) is 18.9 Å². The normalized spacial score (nSPS) is 26.2. The number of aliphatic carboxylic acids is 1. The zero-order chi connectivity index (χ0) is 23.8. The molecule has 0 bridgehead atoms. The van der Waals surface area contributed by atoms with Crippen LogP contribution in [0.25, 0.3) is 0 Å². The molecule has 0 saturated carbocycles. The van der Waals surface area contributed by atoms with Crippen molar-refractivity contribution in [1.29, 1.82) is 0 Å². The van der Waals surface area contributed by atoms with Crippen LogP contribution in [0.2, 0.25) is 0 Å². The fraction of sp³-hybridized carbons (Fsp3) is 0.471.